The molecule has 0 saturated carbocycles. The maximum Gasteiger partial charge on any atom is 0.148 e. The van der Waals surface area contributed by atoms with Crippen LogP contribution in [0.3, 0.4) is 0 Å². The largest absolute Gasteiger partial charge is 0.298 e. The maximum absolute atomic E-state index is 11.9. The molecule has 0 unspecified atom stereocenters. The Labute approximate surface area is 114 Å². The third-order valence-corrected chi connectivity index (χ3v) is 5.10. The standard InChI is InChI=1S/C13H16Br2O/c1-9(2)8-11(16)13(15)12(14)10-6-4-3-5-7-10/h3-7,9,12-13H,8H2,1-2H3/t12-,13+/m0/s1. The van der Waals surface area contributed by atoms with E-state index in [9.17, 15) is 4.79 Å². The van der Waals surface area contributed by atoms with Crippen molar-refractivity contribution >= 4 is 37.6 Å². The van der Waals surface area contributed by atoms with Crippen LogP contribution in [0.5, 0.6) is 0 Å². The number of carbonyl (C=O) groups is 1. The molecule has 0 bridgehead atoms. The summed E-state index contributed by atoms with van der Waals surface area (Å²) in [5.41, 5.74) is 1.13. The lowest BCUT2D eigenvalue weighted by Gasteiger charge is -2.17. The molecular formula is C13H16Br2O. The summed E-state index contributed by atoms with van der Waals surface area (Å²) in [6, 6.07) is 9.99. The van der Waals surface area contributed by atoms with E-state index in [0.717, 1.165) is 5.56 Å². The number of alkyl halides is 2. The molecule has 16 heavy (non-hydrogen) atoms. The number of hydrogen-bond acceptors (Lipinski definition) is 1. The van der Waals surface area contributed by atoms with Gasteiger partial charge in [0, 0.05) is 6.42 Å². The number of Topliss-reactive ketones (excluding diaryl/α,β-unsaturated/α-hetero) is 1. The molecule has 1 aromatic rings. The summed E-state index contributed by atoms with van der Waals surface area (Å²) in [6.07, 6.45) is 0.616. The summed E-state index contributed by atoms with van der Waals surface area (Å²) >= 11 is 7.05. The number of carbonyl (C=O) groups excluding carboxylic acids is 1. The van der Waals surface area contributed by atoms with Gasteiger partial charge in [-0.05, 0) is 11.5 Å². The van der Waals surface area contributed by atoms with Crippen molar-refractivity contribution in [3.05, 3.63) is 35.9 Å². The summed E-state index contributed by atoms with van der Waals surface area (Å²) in [5, 5.41) is 0. The van der Waals surface area contributed by atoms with Gasteiger partial charge in [0.05, 0.1) is 9.65 Å². The third kappa shape index (κ3) is 4.02. The second-order valence-corrected chi connectivity index (χ2v) is 6.25. The van der Waals surface area contributed by atoms with Gasteiger partial charge in [0.25, 0.3) is 0 Å². The zero-order valence-electron chi connectivity index (χ0n) is 9.49. The summed E-state index contributed by atoms with van der Waals surface area (Å²) in [5.74, 6) is 0.656. The predicted molar refractivity (Wildman–Crippen MR) is 75.3 cm³/mol. The van der Waals surface area contributed by atoms with Crippen LogP contribution in [0.4, 0.5) is 0 Å². The average Bonchev–Trinajstić information content (AvgIpc) is 2.27. The van der Waals surface area contributed by atoms with Gasteiger partial charge in [-0.25, -0.2) is 0 Å². The van der Waals surface area contributed by atoms with Crippen molar-refractivity contribution < 1.29 is 4.79 Å². The normalized spacial score (nSPS) is 14.8. The lowest BCUT2D eigenvalue weighted by Crippen LogP contribution is -2.20. The minimum Gasteiger partial charge on any atom is -0.298 e. The third-order valence-electron chi connectivity index (χ3n) is 2.29. The first-order valence-corrected chi connectivity index (χ1v) is 7.21. The van der Waals surface area contributed by atoms with Crippen molar-refractivity contribution in [1.29, 1.82) is 0 Å². The van der Waals surface area contributed by atoms with E-state index in [1.165, 1.54) is 0 Å². The van der Waals surface area contributed by atoms with Gasteiger partial charge in [-0.2, -0.15) is 0 Å². The molecule has 0 saturated heterocycles. The van der Waals surface area contributed by atoms with Gasteiger partial charge in [0.2, 0.25) is 0 Å². The number of ketones is 1. The van der Waals surface area contributed by atoms with Crippen molar-refractivity contribution in [2.24, 2.45) is 5.92 Å². The average molecular weight is 348 g/mol. The Morgan fingerprint density at radius 2 is 1.75 bits per heavy atom. The molecular weight excluding hydrogens is 332 g/mol. The van der Waals surface area contributed by atoms with Crippen LogP contribution in [-0.4, -0.2) is 10.6 Å². The SMILES string of the molecule is CC(C)CC(=O)[C@@H](Br)[C@@H](Br)c1ccccc1. The zero-order chi connectivity index (χ0) is 12.1. The van der Waals surface area contributed by atoms with Crippen molar-refractivity contribution in [1.82, 2.24) is 0 Å². The zero-order valence-corrected chi connectivity index (χ0v) is 12.7. The summed E-state index contributed by atoms with van der Waals surface area (Å²) in [6.45, 7) is 4.12. The lowest BCUT2D eigenvalue weighted by molar-refractivity contribution is -0.119. The Bertz CT molecular complexity index is 335. The number of rotatable bonds is 5. The van der Waals surface area contributed by atoms with Crippen molar-refractivity contribution in [2.75, 3.05) is 0 Å². The Kier molecular flexibility index (Phi) is 5.70. The first kappa shape index (κ1) is 13.9. The molecule has 1 aromatic carbocycles. The van der Waals surface area contributed by atoms with E-state index in [0.29, 0.717) is 12.3 Å². The minimum absolute atomic E-state index is 0.0416. The Morgan fingerprint density at radius 3 is 2.25 bits per heavy atom. The molecule has 0 heterocycles. The second kappa shape index (κ2) is 6.55. The summed E-state index contributed by atoms with van der Waals surface area (Å²) < 4.78 is 0. The first-order chi connectivity index (χ1) is 7.52. The predicted octanol–water partition coefficient (Wildman–Crippen LogP) is 4.50. The monoisotopic (exact) mass is 346 g/mol. The molecule has 0 amide bonds. The van der Waals surface area contributed by atoms with Crippen LogP contribution in [0.1, 0.15) is 30.7 Å². The molecule has 0 aliphatic heterocycles. The van der Waals surface area contributed by atoms with Crippen LogP contribution >= 0.6 is 31.9 Å². The molecule has 1 nitrogen and oxygen atoms in total. The molecule has 0 radical (unpaired) electrons. The molecule has 0 spiro atoms. The first-order valence-electron chi connectivity index (χ1n) is 5.38. The Morgan fingerprint density at radius 1 is 1.19 bits per heavy atom. The Hall–Kier alpha value is -0.150. The van der Waals surface area contributed by atoms with Gasteiger partial charge < -0.3 is 0 Å². The van der Waals surface area contributed by atoms with Gasteiger partial charge in [-0.1, -0.05) is 76.0 Å². The highest BCUT2D eigenvalue weighted by molar-refractivity contribution is 9.12. The minimum atomic E-state index is -0.155. The van der Waals surface area contributed by atoms with Crippen LogP contribution in [0.15, 0.2) is 30.3 Å². The molecule has 1 rings (SSSR count). The van der Waals surface area contributed by atoms with E-state index in [1.807, 2.05) is 30.3 Å². The molecule has 0 aliphatic rings. The Balaban J connectivity index is 2.67. The number of benzene rings is 1. The molecule has 2 atom stereocenters. The molecule has 0 fully saturated rings. The number of hydrogen-bond donors (Lipinski definition) is 0. The van der Waals surface area contributed by atoms with Gasteiger partial charge in [0.1, 0.15) is 5.78 Å². The topological polar surface area (TPSA) is 17.1 Å². The van der Waals surface area contributed by atoms with Crippen molar-refractivity contribution in [3.63, 3.8) is 0 Å². The van der Waals surface area contributed by atoms with E-state index in [-0.39, 0.29) is 15.4 Å². The molecule has 88 valence electrons. The van der Waals surface area contributed by atoms with Crippen LogP contribution < -0.4 is 0 Å². The number of halogens is 2. The van der Waals surface area contributed by atoms with Crippen LogP contribution in [0.2, 0.25) is 0 Å². The summed E-state index contributed by atoms with van der Waals surface area (Å²) in [4.78, 5) is 11.8. The highest BCUT2D eigenvalue weighted by Crippen LogP contribution is 2.32. The fourth-order valence-electron chi connectivity index (χ4n) is 1.48. The van der Waals surface area contributed by atoms with E-state index in [2.05, 4.69) is 45.7 Å². The van der Waals surface area contributed by atoms with Crippen LogP contribution in [0, 0.1) is 5.92 Å². The van der Waals surface area contributed by atoms with Crippen molar-refractivity contribution in [3.8, 4) is 0 Å². The van der Waals surface area contributed by atoms with E-state index >= 15 is 0 Å². The molecule has 0 aliphatic carbocycles. The van der Waals surface area contributed by atoms with Gasteiger partial charge in [-0.3, -0.25) is 4.79 Å². The van der Waals surface area contributed by atoms with Crippen LogP contribution in [0.25, 0.3) is 0 Å². The van der Waals surface area contributed by atoms with Crippen molar-refractivity contribution in [2.45, 2.75) is 29.9 Å². The van der Waals surface area contributed by atoms with E-state index in [1.54, 1.807) is 0 Å². The smallest absolute Gasteiger partial charge is 0.148 e. The molecule has 0 N–H and O–H groups in total. The van der Waals surface area contributed by atoms with Gasteiger partial charge >= 0.3 is 0 Å². The van der Waals surface area contributed by atoms with Crippen LogP contribution in [-0.2, 0) is 4.79 Å². The lowest BCUT2D eigenvalue weighted by atomic mass is 10.0. The summed E-state index contributed by atoms with van der Waals surface area (Å²) in [7, 11) is 0. The second-order valence-electron chi connectivity index (χ2n) is 4.28. The highest BCUT2D eigenvalue weighted by atomic mass is 79.9. The fourth-order valence-corrected chi connectivity index (χ4v) is 2.58. The van der Waals surface area contributed by atoms with E-state index in [4.69, 9.17) is 0 Å². The van der Waals surface area contributed by atoms with Gasteiger partial charge in [-0.15, -0.1) is 0 Å². The quantitative estimate of drug-likeness (QED) is 0.716. The fraction of sp³-hybridized carbons (Fsp3) is 0.462. The molecule has 3 heteroatoms. The van der Waals surface area contributed by atoms with Gasteiger partial charge in [0.15, 0.2) is 0 Å². The van der Waals surface area contributed by atoms with E-state index < -0.39 is 0 Å². The highest BCUT2D eigenvalue weighted by Gasteiger charge is 2.24. The molecule has 0 aromatic heterocycles. The maximum atomic E-state index is 11.9.